The average molecular weight is 363 g/mol. The second-order valence-corrected chi connectivity index (χ2v) is 6.90. The van der Waals surface area contributed by atoms with E-state index >= 15 is 0 Å². The van der Waals surface area contributed by atoms with Crippen LogP contribution in [0.3, 0.4) is 0 Å². The van der Waals surface area contributed by atoms with Crippen molar-refractivity contribution in [1.82, 2.24) is 10.6 Å². The van der Waals surface area contributed by atoms with Gasteiger partial charge in [0.2, 0.25) is 5.91 Å². The third-order valence-corrected chi connectivity index (χ3v) is 5.13. The first-order chi connectivity index (χ1) is 11.3. The molecule has 1 unspecified atom stereocenters. The van der Waals surface area contributed by atoms with E-state index < -0.39 is 0 Å². The van der Waals surface area contributed by atoms with Gasteiger partial charge in [-0.25, -0.2) is 0 Å². The van der Waals surface area contributed by atoms with Crippen molar-refractivity contribution in [3.63, 3.8) is 0 Å². The molecule has 0 saturated carbocycles. The molecule has 5 heteroatoms. The van der Waals surface area contributed by atoms with Crippen LogP contribution in [0.15, 0.2) is 60.7 Å². The van der Waals surface area contributed by atoms with Crippen LogP contribution in [0.1, 0.15) is 23.6 Å². The molecular weight excluding hydrogens is 340 g/mol. The maximum absolute atomic E-state index is 12.5. The van der Waals surface area contributed by atoms with E-state index in [-0.39, 0.29) is 30.4 Å². The molecule has 1 amide bonds. The van der Waals surface area contributed by atoms with Crippen LogP contribution in [0.25, 0.3) is 0 Å². The molecule has 0 bridgehead atoms. The lowest BCUT2D eigenvalue weighted by atomic mass is 9.98. The minimum absolute atomic E-state index is 0. The first-order valence-electron chi connectivity index (χ1n) is 8.03. The molecule has 0 spiro atoms. The van der Waals surface area contributed by atoms with E-state index in [1.165, 1.54) is 0 Å². The van der Waals surface area contributed by atoms with Crippen molar-refractivity contribution in [1.29, 1.82) is 0 Å². The van der Waals surface area contributed by atoms with Gasteiger partial charge < -0.3 is 10.6 Å². The predicted molar refractivity (Wildman–Crippen MR) is 104 cm³/mol. The van der Waals surface area contributed by atoms with E-state index in [1.54, 1.807) is 0 Å². The normalized spacial score (nSPS) is 17.1. The van der Waals surface area contributed by atoms with Gasteiger partial charge in [0.25, 0.3) is 0 Å². The number of carbonyl (C=O) groups is 1. The molecule has 1 atom stereocenters. The van der Waals surface area contributed by atoms with Crippen molar-refractivity contribution in [2.45, 2.75) is 18.5 Å². The van der Waals surface area contributed by atoms with Crippen LogP contribution in [0.4, 0.5) is 0 Å². The first-order valence-corrected chi connectivity index (χ1v) is 9.19. The Kier molecular flexibility index (Phi) is 7.63. The standard InChI is InChI=1S/C19H22N2OS.ClH/c22-18(13-17-14-23-12-11-20-17)21-19(15-7-3-1-4-8-15)16-9-5-2-6-10-16;/h1-10,17,19-20H,11-14H2,(H,21,22);1H. The zero-order chi connectivity index (χ0) is 15.9. The van der Waals surface area contributed by atoms with Crippen LogP contribution >= 0.6 is 24.2 Å². The molecule has 128 valence electrons. The third-order valence-electron chi connectivity index (χ3n) is 4.00. The Bertz CT molecular complexity index is 578. The minimum Gasteiger partial charge on any atom is -0.345 e. The summed E-state index contributed by atoms with van der Waals surface area (Å²) in [6, 6.07) is 20.5. The van der Waals surface area contributed by atoms with Crippen molar-refractivity contribution in [3.8, 4) is 0 Å². The molecule has 1 saturated heterocycles. The number of benzene rings is 2. The van der Waals surface area contributed by atoms with Crippen LogP contribution in [-0.4, -0.2) is 30.0 Å². The van der Waals surface area contributed by atoms with E-state index in [1.807, 2.05) is 48.2 Å². The van der Waals surface area contributed by atoms with Crippen molar-refractivity contribution in [2.24, 2.45) is 0 Å². The SMILES string of the molecule is Cl.O=C(CC1CSCCN1)NC(c1ccccc1)c1ccccc1. The zero-order valence-electron chi connectivity index (χ0n) is 13.5. The lowest BCUT2D eigenvalue weighted by molar-refractivity contribution is -0.122. The number of amides is 1. The summed E-state index contributed by atoms with van der Waals surface area (Å²) >= 11 is 1.91. The maximum Gasteiger partial charge on any atom is 0.222 e. The van der Waals surface area contributed by atoms with Crippen LogP contribution in [0, 0.1) is 0 Å². The van der Waals surface area contributed by atoms with E-state index in [2.05, 4.69) is 34.9 Å². The lowest BCUT2D eigenvalue weighted by Gasteiger charge is -2.25. The number of nitrogens with one attached hydrogen (secondary N) is 2. The predicted octanol–water partition coefficient (Wildman–Crippen LogP) is 3.41. The largest absolute Gasteiger partial charge is 0.345 e. The summed E-state index contributed by atoms with van der Waals surface area (Å²) in [6.07, 6.45) is 0.531. The first kappa shape index (κ1) is 18.8. The van der Waals surface area contributed by atoms with Crippen LogP contribution in [0.2, 0.25) is 0 Å². The van der Waals surface area contributed by atoms with E-state index in [0.717, 1.165) is 29.2 Å². The van der Waals surface area contributed by atoms with Crippen LogP contribution in [0.5, 0.6) is 0 Å². The molecule has 1 fully saturated rings. The summed E-state index contributed by atoms with van der Waals surface area (Å²) in [6.45, 7) is 0.989. The van der Waals surface area contributed by atoms with Crippen LogP contribution in [-0.2, 0) is 4.79 Å². The molecule has 3 nitrogen and oxygen atoms in total. The molecule has 24 heavy (non-hydrogen) atoms. The highest BCUT2D eigenvalue weighted by molar-refractivity contribution is 7.99. The number of carbonyl (C=O) groups excluding carboxylic acids is 1. The van der Waals surface area contributed by atoms with Gasteiger partial charge in [-0.1, -0.05) is 60.7 Å². The molecular formula is C19H23ClN2OS. The molecule has 0 aromatic heterocycles. The molecule has 0 aliphatic carbocycles. The summed E-state index contributed by atoms with van der Waals surface area (Å²) in [5.74, 6) is 2.24. The van der Waals surface area contributed by atoms with Crippen molar-refractivity contribution >= 4 is 30.1 Å². The second kappa shape index (κ2) is 9.72. The van der Waals surface area contributed by atoms with E-state index in [4.69, 9.17) is 0 Å². The van der Waals surface area contributed by atoms with Crippen LogP contribution < -0.4 is 10.6 Å². The fourth-order valence-corrected chi connectivity index (χ4v) is 3.79. The summed E-state index contributed by atoms with van der Waals surface area (Å²) in [7, 11) is 0. The van der Waals surface area contributed by atoms with Crippen molar-refractivity contribution < 1.29 is 4.79 Å². The number of hydrogen-bond donors (Lipinski definition) is 2. The molecule has 1 aliphatic rings. The fraction of sp³-hybridized carbons (Fsp3) is 0.316. The van der Waals surface area contributed by atoms with Gasteiger partial charge >= 0.3 is 0 Å². The molecule has 2 N–H and O–H groups in total. The second-order valence-electron chi connectivity index (χ2n) is 5.75. The summed E-state index contributed by atoms with van der Waals surface area (Å²) in [5, 5.41) is 6.63. The highest BCUT2D eigenvalue weighted by Crippen LogP contribution is 2.22. The minimum atomic E-state index is -0.0962. The van der Waals surface area contributed by atoms with Gasteiger partial charge in [0.15, 0.2) is 0 Å². The Labute approximate surface area is 154 Å². The van der Waals surface area contributed by atoms with Gasteiger partial charge in [0.1, 0.15) is 0 Å². The Morgan fingerprint density at radius 2 is 1.67 bits per heavy atom. The average Bonchev–Trinajstić information content (AvgIpc) is 2.62. The number of rotatable bonds is 5. The smallest absolute Gasteiger partial charge is 0.222 e. The number of halogens is 1. The zero-order valence-corrected chi connectivity index (χ0v) is 15.1. The molecule has 2 aromatic rings. The highest BCUT2D eigenvalue weighted by atomic mass is 35.5. The Morgan fingerprint density at radius 3 is 2.17 bits per heavy atom. The summed E-state index contributed by atoms with van der Waals surface area (Å²) in [4.78, 5) is 12.5. The van der Waals surface area contributed by atoms with Crippen molar-refractivity contribution in [3.05, 3.63) is 71.8 Å². The topological polar surface area (TPSA) is 41.1 Å². The van der Waals surface area contributed by atoms with E-state index in [0.29, 0.717) is 6.42 Å². The Hall–Kier alpha value is -1.49. The monoisotopic (exact) mass is 362 g/mol. The van der Waals surface area contributed by atoms with Gasteiger partial charge in [-0.3, -0.25) is 4.79 Å². The fourth-order valence-electron chi connectivity index (χ4n) is 2.84. The van der Waals surface area contributed by atoms with Gasteiger partial charge in [0, 0.05) is 30.5 Å². The third kappa shape index (κ3) is 5.26. The highest BCUT2D eigenvalue weighted by Gasteiger charge is 2.20. The molecule has 0 radical (unpaired) electrons. The van der Waals surface area contributed by atoms with Gasteiger partial charge in [-0.15, -0.1) is 12.4 Å². The van der Waals surface area contributed by atoms with Gasteiger partial charge in [-0.05, 0) is 11.1 Å². The lowest BCUT2D eigenvalue weighted by Crippen LogP contribution is -2.42. The van der Waals surface area contributed by atoms with E-state index in [9.17, 15) is 4.79 Å². The van der Waals surface area contributed by atoms with Crippen molar-refractivity contribution in [2.75, 3.05) is 18.1 Å². The summed E-state index contributed by atoms with van der Waals surface area (Å²) < 4.78 is 0. The molecule has 1 heterocycles. The molecule has 1 aliphatic heterocycles. The Morgan fingerprint density at radius 1 is 1.08 bits per heavy atom. The maximum atomic E-state index is 12.5. The number of hydrogen-bond acceptors (Lipinski definition) is 3. The number of thioether (sulfide) groups is 1. The van der Waals surface area contributed by atoms with Gasteiger partial charge in [0.05, 0.1) is 6.04 Å². The van der Waals surface area contributed by atoms with Gasteiger partial charge in [-0.2, -0.15) is 11.8 Å². The summed E-state index contributed by atoms with van der Waals surface area (Å²) in [5.41, 5.74) is 2.22. The molecule has 2 aromatic carbocycles. The quantitative estimate of drug-likeness (QED) is 0.856. The molecule has 3 rings (SSSR count). The Balaban J connectivity index is 0.00000208.